The molecular formula is C15H23NO2. The summed E-state index contributed by atoms with van der Waals surface area (Å²) in [5.74, 6) is 0. The highest BCUT2D eigenvalue weighted by Crippen LogP contribution is 2.14. The maximum absolute atomic E-state index is 5.50. The molecular weight excluding hydrogens is 226 g/mol. The van der Waals surface area contributed by atoms with E-state index in [-0.39, 0.29) is 6.29 Å². The van der Waals surface area contributed by atoms with Gasteiger partial charge in [0, 0.05) is 12.5 Å². The van der Waals surface area contributed by atoms with Crippen LogP contribution in [0.4, 0.5) is 0 Å². The Kier molecular flexibility index (Phi) is 5.17. The Balaban J connectivity index is 1.87. The van der Waals surface area contributed by atoms with E-state index in [1.165, 1.54) is 11.1 Å². The highest BCUT2D eigenvalue weighted by atomic mass is 16.7. The Morgan fingerprint density at radius 1 is 1.17 bits per heavy atom. The van der Waals surface area contributed by atoms with E-state index in [1.807, 2.05) is 7.05 Å². The molecule has 0 aromatic heterocycles. The first-order valence-electron chi connectivity index (χ1n) is 6.80. The number of nitrogens with one attached hydrogen (secondary N) is 1. The fourth-order valence-electron chi connectivity index (χ4n) is 2.27. The molecule has 0 radical (unpaired) electrons. The van der Waals surface area contributed by atoms with E-state index in [0.29, 0.717) is 6.04 Å². The van der Waals surface area contributed by atoms with Gasteiger partial charge in [-0.3, -0.25) is 0 Å². The molecule has 1 saturated heterocycles. The third-order valence-electron chi connectivity index (χ3n) is 3.49. The first-order chi connectivity index (χ1) is 8.81. The summed E-state index contributed by atoms with van der Waals surface area (Å²) in [6.07, 6.45) is 2.99. The first-order valence-corrected chi connectivity index (χ1v) is 6.80. The molecule has 0 aliphatic carbocycles. The highest BCUT2D eigenvalue weighted by Gasteiger charge is 2.20. The Hall–Kier alpha value is -0.900. The summed E-state index contributed by atoms with van der Waals surface area (Å²) in [6.45, 7) is 3.64. The Bertz CT molecular complexity index is 344. The lowest BCUT2D eigenvalue weighted by Gasteiger charge is -2.19. The van der Waals surface area contributed by atoms with E-state index in [0.717, 1.165) is 32.5 Å². The third kappa shape index (κ3) is 3.80. The van der Waals surface area contributed by atoms with Gasteiger partial charge in [-0.1, -0.05) is 31.2 Å². The normalized spacial score (nSPS) is 18.1. The fourth-order valence-corrected chi connectivity index (χ4v) is 2.27. The molecule has 0 bridgehead atoms. The van der Waals surface area contributed by atoms with E-state index in [4.69, 9.17) is 9.47 Å². The zero-order valence-electron chi connectivity index (χ0n) is 11.3. The van der Waals surface area contributed by atoms with Crippen LogP contribution < -0.4 is 5.32 Å². The van der Waals surface area contributed by atoms with Crippen molar-refractivity contribution in [3.63, 3.8) is 0 Å². The molecule has 2 rings (SSSR count). The van der Waals surface area contributed by atoms with Crippen LogP contribution in [0, 0.1) is 0 Å². The van der Waals surface area contributed by atoms with Gasteiger partial charge in [-0.2, -0.15) is 0 Å². The van der Waals surface area contributed by atoms with E-state index in [9.17, 15) is 0 Å². The molecule has 1 aliphatic rings. The lowest BCUT2D eigenvalue weighted by molar-refractivity contribution is -0.0522. The lowest BCUT2D eigenvalue weighted by atomic mass is 10.0. The Morgan fingerprint density at radius 2 is 1.78 bits per heavy atom. The van der Waals surface area contributed by atoms with Gasteiger partial charge in [0.2, 0.25) is 0 Å². The van der Waals surface area contributed by atoms with Crippen molar-refractivity contribution in [3.8, 4) is 0 Å². The van der Waals surface area contributed by atoms with Gasteiger partial charge in [-0.25, -0.2) is 0 Å². The van der Waals surface area contributed by atoms with Gasteiger partial charge in [0.25, 0.3) is 0 Å². The molecule has 100 valence electrons. The molecule has 1 atom stereocenters. The smallest absolute Gasteiger partial charge is 0.159 e. The quantitative estimate of drug-likeness (QED) is 0.838. The van der Waals surface area contributed by atoms with Gasteiger partial charge in [0.05, 0.1) is 13.2 Å². The zero-order chi connectivity index (χ0) is 12.8. The van der Waals surface area contributed by atoms with Crippen LogP contribution in [-0.4, -0.2) is 32.6 Å². The lowest BCUT2D eigenvalue weighted by Crippen LogP contribution is -2.32. The second-order valence-electron chi connectivity index (χ2n) is 4.77. The number of rotatable bonds is 6. The monoisotopic (exact) mass is 249 g/mol. The maximum Gasteiger partial charge on any atom is 0.159 e. The number of benzene rings is 1. The van der Waals surface area contributed by atoms with Crippen molar-refractivity contribution >= 4 is 0 Å². The van der Waals surface area contributed by atoms with Gasteiger partial charge in [0.1, 0.15) is 0 Å². The van der Waals surface area contributed by atoms with Crippen molar-refractivity contribution < 1.29 is 9.47 Å². The van der Waals surface area contributed by atoms with E-state index in [2.05, 4.69) is 36.5 Å². The maximum atomic E-state index is 5.50. The van der Waals surface area contributed by atoms with Crippen molar-refractivity contribution in [3.05, 3.63) is 35.4 Å². The average Bonchev–Trinajstić information content (AvgIpc) is 2.91. The van der Waals surface area contributed by atoms with E-state index >= 15 is 0 Å². The van der Waals surface area contributed by atoms with Crippen LogP contribution in [0.5, 0.6) is 0 Å². The minimum absolute atomic E-state index is 0.0302. The molecule has 3 heteroatoms. The number of hydrogen-bond acceptors (Lipinski definition) is 3. The number of ether oxygens (including phenoxy) is 2. The molecule has 1 heterocycles. The SMILES string of the molecule is CCc1ccc(CC(CC2OCCO2)NC)cc1. The van der Waals surface area contributed by atoms with Crippen molar-refractivity contribution in [2.45, 2.75) is 38.5 Å². The molecule has 1 N–H and O–H groups in total. The van der Waals surface area contributed by atoms with Gasteiger partial charge < -0.3 is 14.8 Å². The second-order valence-corrected chi connectivity index (χ2v) is 4.77. The molecule has 18 heavy (non-hydrogen) atoms. The summed E-state index contributed by atoms with van der Waals surface area (Å²) in [5.41, 5.74) is 2.76. The molecule has 1 fully saturated rings. The van der Waals surface area contributed by atoms with Crippen molar-refractivity contribution in [2.24, 2.45) is 0 Å². The molecule has 3 nitrogen and oxygen atoms in total. The van der Waals surface area contributed by atoms with Gasteiger partial charge in [-0.05, 0) is 31.0 Å². The summed E-state index contributed by atoms with van der Waals surface area (Å²) in [5, 5.41) is 3.35. The number of aryl methyl sites for hydroxylation is 1. The summed E-state index contributed by atoms with van der Waals surface area (Å²) in [4.78, 5) is 0. The summed E-state index contributed by atoms with van der Waals surface area (Å²) < 4.78 is 11.0. The van der Waals surface area contributed by atoms with Crippen LogP contribution >= 0.6 is 0 Å². The first kappa shape index (κ1) is 13.5. The second kappa shape index (κ2) is 6.88. The van der Waals surface area contributed by atoms with Crippen LogP contribution in [0.15, 0.2) is 24.3 Å². The minimum Gasteiger partial charge on any atom is -0.350 e. The summed E-state index contributed by atoms with van der Waals surface area (Å²) in [7, 11) is 2.00. The molecule has 1 aromatic carbocycles. The van der Waals surface area contributed by atoms with Crippen LogP contribution in [0.3, 0.4) is 0 Å². The number of likely N-dealkylation sites (N-methyl/N-ethyl adjacent to an activating group) is 1. The van der Waals surface area contributed by atoms with Crippen molar-refractivity contribution in [2.75, 3.05) is 20.3 Å². The Labute approximate surface area is 109 Å². The van der Waals surface area contributed by atoms with Crippen LogP contribution in [0.1, 0.15) is 24.5 Å². The zero-order valence-corrected chi connectivity index (χ0v) is 11.3. The molecule has 1 aromatic rings. The number of hydrogen-bond donors (Lipinski definition) is 1. The van der Waals surface area contributed by atoms with Crippen LogP contribution in [-0.2, 0) is 22.3 Å². The average molecular weight is 249 g/mol. The molecule has 0 saturated carbocycles. The standard InChI is InChI=1S/C15H23NO2/c1-3-12-4-6-13(7-5-12)10-14(16-2)11-15-17-8-9-18-15/h4-7,14-16H,3,8-11H2,1-2H3. The van der Waals surface area contributed by atoms with Gasteiger partial charge in [0.15, 0.2) is 6.29 Å². The van der Waals surface area contributed by atoms with Gasteiger partial charge in [-0.15, -0.1) is 0 Å². The molecule has 0 amide bonds. The summed E-state index contributed by atoms with van der Waals surface area (Å²) in [6, 6.07) is 9.27. The topological polar surface area (TPSA) is 30.5 Å². The summed E-state index contributed by atoms with van der Waals surface area (Å²) >= 11 is 0. The predicted octanol–water partition coefficient (Wildman–Crippen LogP) is 2.14. The largest absolute Gasteiger partial charge is 0.350 e. The molecule has 1 unspecified atom stereocenters. The highest BCUT2D eigenvalue weighted by molar-refractivity contribution is 5.23. The van der Waals surface area contributed by atoms with E-state index in [1.54, 1.807) is 0 Å². The van der Waals surface area contributed by atoms with Gasteiger partial charge >= 0.3 is 0 Å². The molecule has 1 aliphatic heterocycles. The van der Waals surface area contributed by atoms with Crippen molar-refractivity contribution in [1.82, 2.24) is 5.32 Å². The fraction of sp³-hybridized carbons (Fsp3) is 0.600. The van der Waals surface area contributed by atoms with E-state index < -0.39 is 0 Å². The van der Waals surface area contributed by atoms with Crippen molar-refractivity contribution in [1.29, 1.82) is 0 Å². The minimum atomic E-state index is -0.0302. The van der Waals surface area contributed by atoms with Crippen LogP contribution in [0.25, 0.3) is 0 Å². The Morgan fingerprint density at radius 3 is 2.33 bits per heavy atom. The van der Waals surface area contributed by atoms with Crippen LogP contribution in [0.2, 0.25) is 0 Å². The third-order valence-corrected chi connectivity index (χ3v) is 3.49. The molecule has 0 spiro atoms. The predicted molar refractivity (Wildman–Crippen MR) is 72.7 cm³/mol.